The first-order valence-corrected chi connectivity index (χ1v) is 7.54. The third kappa shape index (κ3) is 13.6. The number of unbranched alkanes of at least 4 members (excludes halogenated alkanes) is 1. The van der Waals surface area contributed by atoms with Crippen LogP contribution in [0.4, 0.5) is 0 Å². The van der Waals surface area contributed by atoms with Gasteiger partial charge in [0.1, 0.15) is 0 Å². The van der Waals surface area contributed by atoms with Gasteiger partial charge in [0.15, 0.2) is 0 Å². The largest absolute Gasteiger partial charge is 0.330 e. The number of rotatable bonds is 4. The summed E-state index contributed by atoms with van der Waals surface area (Å²) in [5, 5.41) is 0. The molecule has 1 aliphatic rings. The number of aliphatic imine (C=N–C) groups is 1. The van der Waals surface area contributed by atoms with E-state index in [4.69, 9.17) is 5.73 Å². The van der Waals surface area contributed by atoms with Crippen molar-refractivity contribution in [3.05, 3.63) is 11.8 Å². The highest BCUT2D eigenvalue weighted by Gasteiger charge is 2.13. The van der Waals surface area contributed by atoms with E-state index >= 15 is 0 Å². The normalized spacial score (nSPS) is 15.0. The standard InChI is InChI=1S/C9H15N.C8H19N/c1-9(2,3)6-8-4-5-10-7-8;1-8(2,3)6-4-5-7-9/h5,7H,4,6H2,1-3H3;4-7,9H2,1-3H3. The highest BCUT2D eigenvalue weighted by Crippen LogP contribution is 2.26. The Labute approximate surface area is 120 Å². The van der Waals surface area contributed by atoms with Gasteiger partial charge in [-0.15, -0.1) is 0 Å². The topological polar surface area (TPSA) is 38.4 Å². The number of hydrogen-bond donors (Lipinski definition) is 1. The SMILES string of the molecule is CC(C)(C)CC1=CN=CC1.CC(C)(C)CCCCN. The van der Waals surface area contributed by atoms with Crippen LogP contribution in [0.25, 0.3) is 0 Å². The summed E-state index contributed by atoms with van der Waals surface area (Å²) in [6.45, 7) is 14.4. The summed E-state index contributed by atoms with van der Waals surface area (Å²) >= 11 is 0. The lowest BCUT2D eigenvalue weighted by Gasteiger charge is -2.17. The second kappa shape index (κ2) is 8.52. The first kappa shape index (κ1) is 18.4. The molecule has 2 heteroatoms. The van der Waals surface area contributed by atoms with Crippen molar-refractivity contribution in [3.63, 3.8) is 0 Å². The zero-order chi connectivity index (χ0) is 14.9. The first-order chi connectivity index (χ1) is 8.64. The minimum Gasteiger partial charge on any atom is -0.330 e. The predicted octanol–water partition coefficient (Wildman–Crippen LogP) is 4.94. The molecule has 1 heterocycles. The monoisotopic (exact) mass is 266 g/mol. The average molecular weight is 266 g/mol. The maximum absolute atomic E-state index is 5.36. The minimum absolute atomic E-state index is 0.416. The van der Waals surface area contributed by atoms with Gasteiger partial charge in [0.25, 0.3) is 0 Å². The van der Waals surface area contributed by atoms with E-state index in [1.807, 2.05) is 12.4 Å². The maximum atomic E-state index is 5.36. The van der Waals surface area contributed by atoms with Crippen LogP contribution in [0, 0.1) is 10.8 Å². The minimum atomic E-state index is 0.416. The van der Waals surface area contributed by atoms with Crippen molar-refractivity contribution in [1.82, 2.24) is 0 Å². The Kier molecular flexibility index (Phi) is 8.24. The van der Waals surface area contributed by atoms with E-state index < -0.39 is 0 Å². The van der Waals surface area contributed by atoms with E-state index in [1.165, 1.54) is 31.3 Å². The van der Waals surface area contributed by atoms with Crippen molar-refractivity contribution >= 4 is 6.21 Å². The summed E-state index contributed by atoms with van der Waals surface area (Å²) in [6, 6.07) is 0. The Morgan fingerprint density at radius 2 is 1.68 bits per heavy atom. The molecule has 2 N–H and O–H groups in total. The molecule has 0 aliphatic carbocycles. The molecule has 0 spiro atoms. The predicted molar refractivity (Wildman–Crippen MR) is 87.6 cm³/mol. The number of allylic oxidation sites excluding steroid dienone is 1. The van der Waals surface area contributed by atoms with Crippen molar-refractivity contribution in [3.8, 4) is 0 Å². The van der Waals surface area contributed by atoms with Crippen molar-refractivity contribution in [2.24, 2.45) is 21.6 Å². The molecule has 0 saturated carbocycles. The van der Waals surface area contributed by atoms with E-state index in [9.17, 15) is 0 Å². The Bertz CT molecular complexity index is 287. The van der Waals surface area contributed by atoms with Crippen LogP contribution < -0.4 is 5.73 Å². The number of nitrogens with zero attached hydrogens (tertiary/aromatic N) is 1. The summed E-state index contributed by atoms with van der Waals surface area (Å²) in [6.07, 6.45) is 9.96. The zero-order valence-electron chi connectivity index (χ0n) is 13.9. The Hall–Kier alpha value is -0.630. The maximum Gasteiger partial charge on any atom is 0.0259 e. The van der Waals surface area contributed by atoms with Crippen LogP contribution in [0.1, 0.15) is 73.6 Å². The van der Waals surface area contributed by atoms with Crippen molar-refractivity contribution in [2.75, 3.05) is 6.54 Å². The summed E-state index contributed by atoms with van der Waals surface area (Å²) < 4.78 is 0. The van der Waals surface area contributed by atoms with Gasteiger partial charge in [-0.3, -0.25) is 4.99 Å². The molecule has 1 rings (SSSR count). The van der Waals surface area contributed by atoms with Gasteiger partial charge < -0.3 is 5.73 Å². The second-order valence-electron chi connectivity index (χ2n) is 7.87. The van der Waals surface area contributed by atoms with Crippen LogP contribution in [-0.2, 0) is 0 Å². The fourth-order valence-electron chi connectivity index (χ4n) is 1.98. The fraction of sp³-hybridized carbons (Fsp3) is 0.824. The van der Waals surface area contributed by atoms with Crippen LogP contribution in [-0.4, -0.2) is 12.8 Å². The molecule has 112 valence electrons. The lowest BCUT2D eigenvalue weighted by molar-refractivity contribution is 0.361. The molecule has 0 bridgehead atoms. The highest BCUT2D eigenvalue weighted by atomic mass is 14.7. The molecular formula is C17H34N2. The molecular weight excluding hydrogens is 232 g/mol. The molecule has 0 fully saturated rings. The third-order valence-electron chi connectivity index (χ3n) is 2.85. The first-order valence-electron chi connectivity index (χ1n) is 7.54. The van der Waals surface area contributed by atoms with Gasteiger partial charge in [-0.2, -0.15) is 0 Å². The van der Waals surface area contributed by atoms with Crippen LogP contribution >= 0.6 is 0 Å². The highest BCUT2D eigenvalue weighted by molar-refractivity contribution is 5.65. The third-order valence-corrected chi connectivity index (χ3v) is 2.85. The van der Waals surface area contributed by atoms with Gasteiger partial charge >= 0.3 is 0 Å². The molecule has 19 heavy (non-hydrogen) atoms. The Morgan fingerprint density at radius 3 is 2.05 bits per heavy atom. The smallest absolute Gasteiger partial charge is 0.0259 e. The van der Waals surface area contributed by atoms with E-state index in [1.54, 1.807) is 0 Å². The quantitative estimate of drug-likeness (QED) is 0.719. The fourth-order valence-corrected chi connectivity index (χ4v) is 1.98. The summed E-state index contributed by atoms with van der Waals surface area (Å²) in [4.78, 5) is 4.06. The van der Waals surface area contributed by atoms with E-state index in [2.05, 4.69) is 46.5 Å². The molecule has 0 aromatic carbocycles. The van der Waals surface area contributed by atoms with Gasteiger partial charge in [0.05, 0.1) is 0 Å². The Morgan fingerprint density at radius 1 is 1.05 bits per heavy atom. The molecule has 0 aromatic heterocycles. The van der Waals surface area contributed by atoms with Crippen LogP contribution in [0.2, 0.25) is 0 Å². The molecule has 2 nitrogen and oxygen atoms in total. The molecule has 1 aliphatic heterocycles. The molecule has 0 unspecified atom stereocenters. The number of nitrogens with two attached hydrogens (primary N) is 1. The van der Waals surface area contributed by atoms with Gasteiger partial charge in [-0.25, -0.2) is 0 Å². The molecule has 0 atom stereocenters. The molecule has 0 saturated heterocycles. The van der Waals surface area contributed by atoms with Gasteiger partial charge in [0, 0.05) is 18.8 Å². The summed E-state index contributed by atoms with van der Waals surface area (Å²) in [5.41, 5.74) is 7.73. The van der Waals surface area contributed by atoms with E-state index in [0.717, 1.165) is 13.0 Å². The zero-order valence-corrected chi connectivity index (χ0v) is 13.9. The van der Waals surface area contributed by atoms with Gasteiger partial charge in [-0.05, 0) is 42.2 Å². The lowest BCUT2D eigenvalue weighted by Crippen LogP contribution is -2.06. The molecule has 0 aromatic rings. The van der Waals surface area contributed by atoms with E-state index in [0.29, 0.717) is 10.8 Å². The van der Waals surface area contributed by atoms with Gasteiger partial charge in [-0.1, -0.05) is 48.0 Å². The van der Waals surface area contributed by atoms with E-state index in [-0.39, 0.29) is 0 Å². The van der Waals surface area contributed by atoms with Crippen molar-refractivity contribution < 1.29 is 0 Å². The average Bonchev–Trinajstić information content (AvgIpc) is 2.67. The van der Waals surface area contributed by atoms with Crippen LogP contribution in [0.15, 0.2) is 16.8 Å². The summed E-state index contributed by atoms with van der Waals surface area (Å²) in [5.74, 6) is 0. The molecule has 0 amide bonds. The van der Waals surface area contributed by atoms with Crippen LogP contribution in [0.3, 0.4) is 0 Å². The van der Waals surface area contributed by atoms with Crippen molar-refractivity contribution in [2.45, 2.75) is 73.6 Å². The second-order valence-corrected chi connectivity index (χ2v) is 7.87. The molecule has 0 radical (unpaired) electrons. The van der Waals surface area contributed by atoms with Crippen LogP contribution in [0.5, 0.6) is 0 Å². The Balaban J connectivity index is 0.000000344. The summed E-state index contributed by atoms with van der Waals surface area (Å²) in [7, 11) is 0. The number of hydrogen-bond acceptors (Lipinski definition) is 2. The lowest BCUT2D eigenvalue weighted by atomic mass is 9.88. The van der Waals surface area contributed by atoms with Crippen molar-refractivity contribution in [1.29, 1.82) is 0 Å². The van der Waals surface area contributed by atoms with Gasteiger partial charge in [0.2, 0.25) is 0 Å².